The topological polar surface area (TPSA) is 174 Å². The summed E-state index contributed by atoms with van der Waals surface area (Å²) in [5.74, 6) is -3.54. The number of carboxylic acid groups (broad SMARTS) is 2. The Labute approximate surface area is 71.3 Å². The van der Waals surface area contributed by atoms with Gasteiger partial charge in [-0.1, -0.05) is 0 Å². The van der Waals surface area contributed by atoms with Gasteiger partial charge in [-0.15, -0.1) is 0 Å². The third kappa shape index (κ3) is 6.56. The van der Waals surface area contributed by atoms with E-state index in [1.54, 1.807) is 0 Å². The largest absolute Gasteiger partial charge is 0.479 e. The van der Waals surface area contributed by atoms with Gasteiger partial charge in [-0.2, -0.15) is 0 Å². The lowest BCUT2D eigenvalue weighted by atomic mass is 10.2. The molecule has 13 heavy (non-hydrogen) atoms. The van der Waals surface area contributed by atoms with Crippen molar-refractivity contribution in [2.24, 2.45) is 0 Å². The quantitative estimate of drug-likeness (QED) is 0.246. The van der Waals surface area contributed by atoms with E-state index in [2.05, 4.69) is 0 Å². The van der Waals surface area contributed by atoms with Gasteiger partial charge in [0.15, 0.2) is 12.2 Å². The highest BCUT2D eigenvalue weighted by Gasteiger charge is 2.29. The molecule has 0 aromatic carbocycles. The third-order valence-electron chi connectivity index (χ3n) is 0.805. The zero-order valence-corrected chi connectivity index (χ0v) is 6.10. The van der Waals surface area contributed by atoms with Crippen LogP contribution in [0, 0.1) is 0 Å². The lowest BCUT2D eigenvalue weighted by Crippen LogP contribution is -2.39. The molecular weight excluding hydrogens is 186 g/mol. The minimum atomic E-state index is -2.27. The number of nitrogens with zero attached hydrogens (tertiary/aromatic N) is 3. The van der Waals surface area contributed by atoms with Crippen LogP contribution in [0.5, 0.6) is 0 Å². The molecule has 0 aromatic rings. The third-order valence-corrected chi connectivity index (χ3v) is 0.805. The average Bonchev–Trinajstić information content (AvgIpc) is 2.03. The van der Waals surface area contributed by atoms with Crippen LogP contribution in [0.3, 0.4) is 0 Å². The fraction of sp³-hybridized carbons (Fsp3) is 0.500. The SMILES string of the molecule is O=C(O)C(O)C(O)C(=O)O.[N-]=[N+]=[N-]. The molecule has 0 fully saturated rings. The van der Waals surface area contributed by atoms with E-state index in [0.29, 0.717) is 0 Å². The van der Waals surface area contributed by atoms with E-state index >= 15 is 0 Å². The van der Waals surface area contributed by atoms with E-state index in [-0.39, 0.29) is 0 Å². The summed E-state index contributed by atoms with van der Waals surface area (Å²) < 4.78 is 0. The van der Waals surface area contributed by atoms with Crippen molar-refractivity contribution in [3.8, 4) is 0 Å². The number of hydrogen-bond donors (Lipinski definition) is 4. The molecule has 0 aliphatic carbocycles. The monoisotopic (exact) mass is 192 g/mol. The van der Waals surface area contributed by atoms with Gasteiger partial charge in [-0.3, -0.25) is 4.91 Å². The molecule has 0 spiro atoms. The molecule has 0 aromatic heterocycles. The van der Waals surface area contributed by atoms with Gasteiger partial charge in [0.2, 0.25) is 0 Å². The summed E-state index contributed by atoms with van der Waals surface area (Å²) in [6.07, 6.45) is -4.53. The Kier molecular flexibility index (Phi) is 7.24. The van der Waals surface area contributed by atoms with Gasteiger partial charge in [0.1, 0.15) is 0 Å². The number of hydrogen-bond acceptors (Lipinski definition) is 4. The van der Waals surface area contributed by atoms with Crippen LogP contribution in [0.1, 0.15) is 0 Å². The standard InChI is InChI=1S/C4H6O6.N3/c5-1(3(7)8)2(6)4(9)10;1-3-2/h1-2,5-6H,(H,7,8)(H,9,10);/q;-1. The molecule has 9 nitrogen and oxygen atoms in total. The first kappa shape index (κ1) is 13.7. The molecule has 74 valence electrons. The van der Waals surface area contributed by atoms with E-state index < -0.39 is 24.1 Å². The number of aliphatic carboxylic acids is 2. The van der Waals surface area contributed by atoms with Crippen LogP contribution >= 0.6 is 0 Å². The second kappa shape index (κ2) is 6.85. The van der Waals surface area contributed by atoms with Crippen molar-refractivity contribution in [1.29, 1.82) is 0 Å². The summed E-state index contributed by atoms with van der Waals surface area (Å²) in [5, 5.41) is 32.5. The summed E-state index contributed by atoms with van der Waals surface area (Å²) in [7, 11) is 0. The normalized spacial score (nSPS) is 12.8. The molecule has 0 rings (SSSR count). The van der Waals surface area contributed by atoms with Crippen molar-refractivity contribution in [2.75, 3.05) is 0 Å². The highest BCUT2D eigenvalue weighted by molar-refractivity contribution is 5.82. The Morgan fingerprint density at radius 3 is 1.23 bits per heavy atom. The summed E-state index contributed by atoms with van der Waals surface area (Å²) in [4.78, 5) is 21.0. The van der Waals surface area contributed by atoms with E-state index in [0.717, 1.165) is 0 Å². The summed E-state index contributed by atoms with van der Waals surface area (Å²) in [5.41, 5.74) is 13.5. The lowest BCUT2D eigenvalue weighted by Gasteiger charge is -2.07. The molecule has 2 atom stereocenters. The van der Waals surface area contributed by atoms with Crippen LogP contribution in [0.25, 0.3) is 16.0 Å². The molecule has 0 radical (unpaired) electrons. The second-order valence-electron chi connectivity index (χ2n) is 1.66. The Balaban J connectivity index is 0. The smallest absolute Gasteiger partial charge is 0.335 e. The number of aliphatic hydroxyl groups excluding tert-OH is 2. The van der Waals surface area contributed by atoms with E-state index in [1.165, 1.54) is 4.91 Å². The van der Waals surface area contributed by atoms with Crippen molar-refractivity contribution < 1.29 is 30.0 Å². The number of rotatable bonds is 3. The maximum atomic E-state index is 9.77. The molecule has 0 aliphatic heterocycles. The fourth-order valence-corrected chi connectivity index (χ4v) is 0.270. The van der Waals surface area contributed by atoms with Crippen LogP contribution in [0.2, 0.25) is 0 Å². The van der Waals surface area contributed by atoms with E-state index in [4.69, 9.17) is 31.5 Å². The van der Waals surface area contributed by atoms with Gasteiger partial charge >= 0.3 is 11.9 Å². The molecule has 9 heteroatoms. The molecule has 0 bridgehead atoms. The maximum Gasteiger partial charge on any atom is 0.335 e. The molecule has 0 heterocycles. The highest BCUT2D eigenvalue weighted by Crippen LogP contribution is 1.92. The van der Waals surface area contributed by atoms with Crippen molar-refractivity contribution in [2.45, 2.75) is 12.2 Å². The molecule has 0 saturated carbocycles. The highest BCUT2D eigenvalue weighted by atomic mass is 16.4. The summed E-state index contributed by atoms with van der Waals surface area (Å²) >= 11 is 0. The second-order valence-corrected chi connectivity index (χ2v) is 1.66. The minimum absolute atomic E-state index is 1.50. The Morgan fingerprint density at radius 1 is 1.00 bits per heavy atom. The lowest BCUT2D eigenvalue weighted by molar-refractivity contribution is -0.165. The van der Waals surface area contributed by atoms with Crippen LogP contribution in [0.15, 0.2) is 0 Å². The van der Waals surface area contributed by atoms with Crippen molar-refractivity contribution in [3.63, 3.8) is 0 Å². The van der Waals surface area contributed by atoms with Gasteiger partial charge in [0.25, 0.3) is 0 Å². The predicted molar refractivity (Wildman–Crippen MR) is 37.4 cm³/mol. The Bertz CT molecular complexity index is 204. The van der Waals surface area contributed by atoms with Crippen molar-refractivity contribution in [1.82, 2.24) is 0 Å². The molecular formula is C4H6N3O6-. The zero-order valence-electron chi connectivity index (χ0n) is 6.10. The first-order valence-electron chi connectivity index (χ1n) is 2.68. The van der Waals surface area contributed by atoms with E-state index in [1.807, 2.05) is 0 Å². The van der Waals surface area contributed by atoms with Crippen molar-refractivity contribution in [3.05, 3.63) is 16.0 Å². The van der Waals surface area contributed by atoms with E-state index in [9.17, 15) is 9.59 Å². The van der Waals surface area contributed by atoms with Crippen LogP contribution in [-0.2, 0) is 9.59 Å². The van der Waals surface area contributed by atoms with Gasteiger partial charge in [0, 0.05) is 0 Å². The van der Waals surface area contributed by atoms with Gasteiger partial charge in [-0.25, -0.2) is 9.59 Å². The molecule has 0 aliphatic rings. The van der Waals surface area contributed by atoms with Gasteiger partial charge in [-0.05, 0) is 0 Å². The maximum absolute atomic E-state index is 9.77. The molecule has 2 unspecified atom stereocenters. The number of carbonyl (C=O) groups is 2. The van der Waals surface area contributed by atoms with Crippen LogP contribution < -0.4 is 0 Å². The zero-order chi connectivity index (χ0) is 11.0. The predicted octanol–water partition coefficient (Wildman–Crippen LogP) is -1.26. The minimum Gasteiger partial charge on any atom is -0.479 e. The summed E-state index contributed by atoms with van der Waals surface area (Å²) in [6.45, 7) is 0. The molecule has 0 saturated heterocycles. The van der Waals surface area contributed by atoms with Gasteiger partial charge < -0.3 is 31.5 Å². The summed E-state index contributed by atoms with van der Waals surface area (Å²) in [6, 6.07) is 0. The van der Waals surface area contributed by atoms with Crippen molar-refractivity contribution >= 4 is 11.9 Å². The Morgan fingerprint density at radius 2 is 1.15 bits per heavy atom. The van der Waals surface area contributed by atoms with Crippen LogP contribution in [-0.4, -0.2) is 44.6 Å². The van der Waals surface area contributed by atoms with Crippen LogP contribution in [0.4, 0.5) is 0 Å². The first-order chi connectivity index (χ1) is 5.88. The fourth-order valence-electron chi connectivity index (χ4n) is 0.270. The molecule has 0 amide bonds. The number of aliphatic hydroxyl groups is 2. The number of carboxylic acids is 2. The average molecular weight is 192 g/mol. The molecule has 4 N–H and O–H groups in total. The first-order valence-corrected chi connectivity index (χ1v) is 2.68. The Hall–Kier alpha value is -1.83. The van der Waals surface area contributed by atoms with Gasteiger partial charge in [0.05, 0.1) is 0 Å².